The van der Waals surface area contributed by atoms with Gasteiger partial charge in [0, 0.05) is 19.3 Å². The lowest BCUT2D eigenvalue weighted by molar-refractivity contribution is -0.189. The summed E-state index contributed by atoms with van der Waals surface area (Å²) in [4.78, 5) is 25.5. The van der Waals surface area contributed by atoms with E-state index in [9.17, 15) is 9.59 Å². The van der Waals surface area contributed by atoms with E-state index in [2.05, 4.69) is 20.8 Å². The smallest absolute Gasteiger partial charge is 0.308 e. The maximum atomic E-state index is 12.8. The van der Waals surface area contributed by atoms with Crippen LogP contribution in [0, 0.1) is 0 Å². The third-order valence-corrected chi connectivity index (χ3v) is 12.5. The summed E-state index contributed by atoms with van der Waals surface area (Å²) in [5.74, 6) is -0.396. The number of carbonyl (C=O) groups is 2. The monoisotopic (exact) mass is 819 g/mol. The molecule has 0 rings (SSSR count). The topological polar surface area (TPSA) is 52.6 Å². The lowest BCUT2D eigenvalue weighted by Crippen LogP contribution is -2.24. The molecule has 0 saturated heterocycles. The highest BCUT2D eigenvalue weighted by Gasteiger charge is 2.19. The average Bonchev–Trinajstić information content (AvgIpc) is 3.22. The van der Waals surface area contributed by atoms with Crippen molar-refractivity contribution < 1.29 is 19.1 Å². The second kappa shape index (κ2) is 50.3. The van der Waals surface area contributed by atoms with Gasteiger partial charge in [0.25, 0.3) is 0 Å². The van der Waals surface area contributed by atoms with Crippen LogP contribution in [0.25, 0.3) is 0 Å². The van der Waals surface area contributed by atoms with Crippen molar-refractivity contribution in [3.05, 3.63) is 0 Å². The van der Waals surface area contributed by atoms with Gasteiger partial charge in [0.15, 0.2) is 0 Å². The third-order valence-electron chi connectivity index (χ3n) is 12.5. The van der Waals surface area contributed by atoms with Crippen molar-refractivity contribution in [2.75, 3.05) is 0 Å². The minimum absolute atomic E-state index is 0.198. The van der Waals surface area contributed by atoms with E-state index in [0.29, 0.717) is 19.3 Å². The maximum absolute atomic E-state index is 12.8. The summed E-state index contributed by atoms with van der Waals surface area (Å²) in [7, 11) is 0. The molecule has 0 spiro atoms. The molecule has 4 nitrogen and oxygen atoms in total. The van der Waals surface area contributed by atoms with Crippen molar-refractivity contribution in [1.29, 1.82) is 0 Å². The van der Waals surface area contributed by atoms with Crippen LogP contribution >= 0.6 is 0 Å². The number of ether oxygens (including phenoxy) is 2. The first-order valence-electron chi connectivity index (χ1n) is 27.0. The molecule has 0 unspecified atom stereocenters. The number of hydrogen-bond acceptors (Lipinski definition) is 4. The first-order valence-corrected chi connectivity index (χ1v) is 27.0. The minimum Gasteiger partial charge on any atom is -0.425 e. The van der Waals surface area contributed by atoms with E-state index >= 15 is 0 Å². The van der Waals surface area contributed by atoms with Crippen LogP contribution in [0.1, 0.15) is 329 Å². The van der Waals surface area contributed by atoms with Crippen molar-refractivity contribution in [3.63, 3.8) is 0 Å². The van der Waals surface area contributed by atoms with Gasteiger partial charge in [-0.05, 0) is 19.3 Å². The Morgan fingerprint density at radius 3 is 0.638 bits per heavy atom. The Morgan fingerprint density at radius 1 is 0.259 bits per heavy atom. The Balaban J connectivity index is 3.93. The van der Waals surface area contributed by atoms with Crippen LogP contribution in [0.2, 0.25) is 0 Å². The summed E-state index contributed by atoms with van der Waals surface area (Å²) in [5.41, 5.74) is 0. The van der Waals surface area contributed by atoms with Gasteiger partial charge in [-0.15, -0.1) is 0 Å². The van der Waals surface area contributed by atoms with E-state index < -0.39 is 6.29 Å². The van der Waals surface area contributed by atoms with Crippen LogP contribution in [-0.2, 0) is 19.1 Å². The van der Waals surface area contributed by atoms with Crippen LogP contribution in [0.5, 0.6) is 0 Å². The molecule has 0 aliphatic carbocycles. The van der Waals surface area contributed by atoms with E-state index in [1.165, 1.54) is 250 Å². The van der Waals surface area contributed by atoms with E-state index in [4.69, 9.17) is 9.47 Å². The van der Waals surface area contributed by atoms with Gasteiger partial charge in [-0.25, -0.2) is 0 Å². The van der Waals surface area contributed by atoms with Crippen molar-refractivity contribution >= 4 is 11.9 Å². The molecule has 0 bridgehead atoms. The SMILES string of the molecule is CCCCCCCCCCCCCCCCCCCCCC(=O)OC(CCCCCCCCC)OC(=O)CCCCCCCCCCCCCCCCCCCCC. The Bertz CT molecular complexity index is 740. The molecular weight excluding hydrogens is 713 g/mol. The molecule has 0 fully saturated rings. The third kappa shape index (κ3) is 47.6. The first kappa shape index (κ1) is 56.9. The van der Waals surface area contributed by atoms with Gasteiger partial charge in [0.05, 0.1) is 0 Å². The molecule has 0 aromatic rings. The Hall–Kier alpha value is -1.06. The van der Waals surface area contributed by atoms with Crippen molar-refractivity contribution in [2.45, 2.75) is 335 Å². The van der Waals surface area contributed by atoms with Gasteiger partial charge >= 0.3 is 11.9 Å². The number of unbranched alkanes of at least 4 members (excludes halogenated alkanes) is 42. The van der Waals surface area contributed by atoms with Crippen LogP contribution in [0.4, 0.5) is 0 Å². The first-order chi connectivity index (χ1) is 28.6. The zero-order valence-electron chi connectivity index (χ0n) is 40.2. The predicted molar refractivity (Wildman–Crippen MR) is 255 cm³/mol. The van der Waals surface area contributed by atoms with Crippen LogP contribution in [0.3, 0.4) is 0 Å². The molecule has 0 aliphatic rings. The van der Waals surface area contributed by atoms with Gasteiger partial charge in [0.2, 0.25) is 6.29 Å². The number of esters is 2. The van der Waals surface area contributed by atoms with Gasteiger partial charge < -0.3 is 9.47 Å². The van der Waals surface area contributed by atoms with E-state index in [0.717, 1.165) is 38.5 Å². The zero-order chi connectivity index (χ0) is 42.1. The second-order valence-corrected chi connectivity index (χ2v) is 18.5. The summed E-state index contributed by atoms with van der Waals surface area (Å²) in [6.45, 7) is 6.83. The summed E-state index contributed by atoms with van der Waals surface area (Å²) >= 11 is 0. The highest BCUT2D eigenvalue weighted by Crippen LogP contribution is 2.19. The molecule has 58 heavy (non-hydrogen) atoms. The largest absolute Gasteiger partial charge is 0.425 e. The fourth-order valence-electron chi connectivity index (χ4n) is 8.52. The highest BCUT2D eigenvalue weighted by molar-refractivity contribution is 5.71. The fraction of sp³-hybridized carbons (Fsp3) is 0.963. The van der Waals surface area contributed by atoms with Crippen molar-refractivity contribution in [1.82, 2.24) is 0 Å². The zero-order valence-corrected chi connectivity index (χ0v) is 40.2. The standard InChI is InChI=1S/C54H106O4/c1-4-7-10-13-16-18-20-22-24-26-28-30-32-34-36-38-41-43-46-49-52(55)57-54(51-48-45-40-15-12-9-6-3)58-53(56)50-47-44-42-39-37-35-33-31-29-27-25-23-21-19-17-14-11-8-5-2/h54H,4-51H2,1-3H3. The van der Waals surface area contributed by atoms with E-state index in [1.807, 2.05) is 0 Å². The molecule has 0 radical (unpaired) electrons. The van der Waals surface area contributed by atoms with Gasteiger partial charge in [-0.1, -0.05) is 290 Å². The highest BCUT2D eigenvalue weighted by atomic mass is 16.7. The van der Waals surface area contributed by atoms with E-state index in [1.54, 1.807) is 0 Å². The van der Waals surface area contributed by atoms with Crippen LogP contribution in [-0.4, -0.2) is 18.2 Å². The Morgan fingerprint density at radius 2 is 0.431 bits per heavy atom. The maximum Gasteiger partial charge on any atom is 0.308 e. The molecule has 4 heteroatoms. The van der Waals surface area contributed by atoms with Gasteiger partial charge in [-0.2, -0.15) is 0 Å². The molecule has 0 amide bonds. The summed E-state index contributed by atoms with van der Waals surface area (Å²) < 4.78 is 11.5. The molecule has 0 aliphatic heterocycles. The molecule has 0 aromatic carbocycles. The summed E-state index contributed by atoms with van der Waals surface area (Å²) in [6.07, 6.45) is 60.2. The number of rotatable bonds is 50. The molecule has 346 valence electrons. The fourth-order valence-corrected chi connectivity index (χ4v) is 8.52. The van der Waals surface area contributed by atoms with Gasteiger partial charge in [0.1, 0.15) is 0 Å². The predicted octanol–water partition coefficient (Wildman–Crippen LogP) is 19.2. The normalized spacial score (nSPS) is 11.5. The molecule has 0 aromatic heterocycles. The molecule has 0 atom stereocenters. The van der Waals surface area contributed by atoms with Crippen molar-refractivity contribution in [2.24, 2.45) is 0 Å². The van der Waals surface area contributed by atoms with Crippen LogP contribution in [0.15, 0.2) is 0 Å². The minimum atomic E-state index is -0.712. The Labute approximate surface area is 365 Å². The molecule has 0 saturated carbocycles. The molecule has 0 heterocycles. The molecule has 0 N–H and O–H groups in total. The second-order valence-electron chi connectivity index (χ2n) is 18.5. The lowest BCUT2D eigenvalue weighted by atomic mass is 10.0. The Kier molecular flexibility index (Phi) is 49.4. The van der Waals surface area contributed by atoms with Crippen molar-refractivity contribution in [3.8, 4) is 0 Å². The number of hydrogen-bond donors (Lipinski definition) is 0. The molecular formula is C54H106O4. The quantitative estimate of drug-likeness (QED) is 0.0349. The summed E-state index contributed by atoms with van der Waals surface area (Å²) in [5, 5.41) is 0. The lowest BCUT2D eigenvalue weighted by Gasteiger charge is -2.18. The average molecular weight is 819 g/mol. The number of carbonyl (C=O) groups excluding carboxylic acids is 2. The van der Waals surface area contributed by atoms with E-state index in [-0.39, 0.29) is 11.9 Å². The summed E-state index contributed by atoms with van der Waals surface area (Å²) in [6, 6.07) is 0. The van der Waals surface area contributed by atoms with Gasteiger partial charge in [-0.3, -0.25) is 9.59 Å². The van der Waals surface area contributed by atoms with Crippen LogP contribution < -0.4 is 0 Å².